The van der Waals surface area contributed by atoms with Gasteiger partial charge in [-0.2, -0.15) is 0 Å². The lowest BCUT2D eigenvalue weighted by Gasteiger charge is -2.07. The summed E-state index contributed by atoms with van der Waals surface area (Å²) in [6, 6.07) is 10.6. The summed E-state index contributed by atoms with van der Waals surface area (Å²) < 4.78 is 27.1. The predicted octanol–water partition coefficient (Wildman–Crippen LogP) is 5.73. The molecule has 0 aliphatic heterocycles. The molecule has 1 amide bonds. The fourth-order valence-electron chi connectivity index (χ4n) is 2.65. The molecule has 3 rings (SSSR count). The second-order valence-electron chi connectivity index (χ2n) is 5.96. The standard InChI is InChI=1S/C20H14BrF2NO3S/c21-13-5-3-12(4-6-13)14-10-28-19(18(14)20(26)27)24-17(25)8-2-11-1-7-15(22)16(23)9-11/h1,3-7,9-10H,2,8H2,(H,24,25)(H,26,27). The second-order valence-corrected chi connectivity index (χ2v) is 7.76. The maximum absolute atomic E-state index is 13.2. The topological polar surface area (TPSA) is 66.4 Å². The first-order chi connectivity index (χ1) is 13.3. The number of halogens is 3. The van der Waals surface area contributed by atoms with Crippen LogP contribution in [0.3, 0.4) is 0 Å². The van der Waals surface area contributed by atoms with E-state index < -0.39 is 23.5 Å². The lowest BCUT2D eigenvalue weighted by Crippen LogP contribution is -2.14. The number of rotatable bonds is 6. The molecule has 0 aliphatic carbocycles. The summed E-state index contributed by atoms with van der Waals surface area (Å²) in [7, 11) is 0. The highest BCUT2D eigenvalue weighted by Gasteiger charge is 2.21. The van der Waals surface area contributed by atoms with Crippen LogP contribution in [0.1, 0.15) is 22.3 Å². The molecular weight excluding hydrogens is 452 g/mol. The summed E-state index contributed by atoms with van der Waals surface area (Å²) in [4.78, 5) is 24.0. The zero-order valence-electron chi connectivity index (χ0n) is 14.3. The van der Waals surface area contributed by atoms with Gasteiger partial charge < -0.3 is 10.4 Å². The maximum Gasteiger partial charge on any atom is 0.339 e. The average Bonchev–Trinajstić information content (AvgIpc) is 3.07. The quantitative estimate of drug-likeness (QED) is 0.488. The van der Waals surface area contributed by atoms with Crippen LogP contribution in [-0.2, 0) is 11.2 Å². The van der Waals surface area contributed by atoms with Crippen molar-refractivity contribution in [3.63, 3.8) is 0 Å². The minimum Gasteiger partial charge on any atom is -0.478 e. The number of carbonyl (C=O) groups is 2. The van der Waals surface area contributed by atoms with Gasteiger partial charge in [0, 0.05) is 21.8 Å². The normalized spacial score (nSPS) is 10.7. The molecule has 3 aromatic rings. The zero-order chi connectivity index (χ0) is 20.3. The molecule has 0 unspecified atom stereocenters. The average molecular weight is 466 g/mol. The van der Waals surface area contributed by atoms with Gasteiger partial charge in [-0.25, -0.2) is 13.6 Å². The molecule has 1 aromatic heterocycles. The van der Waals surface area contributed by atoms with Crippen LogP contribution in [0.5, 0.6) is 0 Å². The smallest absolute Gasteiger partial charge is 0.339 e. The summed E-state index contributed by atoms with van der Waals surface area (Å²) >= 11 is 4.46. The van der Waals surface area contributed by atoms with Crippen molar-refractivity contribution in [3.8, 4) is 11.1 Å². The van der Waals surface area contributed by atoms with E-state index in [-0.39, 0.29) is 23.4 Å². The van der Waals surface area contributed by atoms with Gasteiger partial charge in [0.05, 0.1) is 0 Å². The Morgan fingerprint density at radius 2 is 1.79 bits per heavy atom. The van der Waals surface area contributed by atoms with Crippen molar-refractivity contribution in [1.82, 2.24) is 0 Å². The number of benzene rings is 2. The van der Waals surface area contributed by atoms with E-state index in [4.69, 9.17) is 0 Å². The van der Waals surface area contributed by atoms with Gasteiger partial charge in [0.1, 0.15) is 10.6 Å². The number of carbonyl (C=O) groups excluding carboxylic acids is 1. The molecule has 0 fully saturated rings. The van der Waals surface area contributed by atoms with Crippen LogP contribution < -0.4 is 5.32 Å². The lowest BCUT2D eigenvalue weighted by molar-refractivity contribution is -0.116. The molecule has 1 heterocycles. The highest BCUT2D eigenvalue weighted by Crippen LogP contribution is 2.36. The number of hydrogen-bond acceptors (Lipinski definition) is 3. The van der Waals surface area contributed by atoms with Crippen molar-refractivity contribution in [1.29, 1.82) is 0 Å². The van der Waals surface area contributed by atoms with Crippen molar-refractivity contribution in [2.75, 3.05) is 5.32 Å². The number of carboxylic acid groups (broad SMARTS) is 1. The van der Waals surface area contributed by atoms with E-state index in [0.717, 1.165) is 33.5 Å². The molecule has 0 bridgehead atoms. The van der Waals surface area contributed by atoms with Crippen molar-refractivity contribution in [2.24, 2.45) is 0 Å². The van der Waals surface area contributed by atoms with Crippen LogP contribution in [0.2, 0.25) is 0 Å². The van der Waals surface area contributed by atoms with Gasteiger partial charge in [-0.05, 0) is 41.8 Å². The van der Waals surface area contributed by atoms with Gasteiger partial charge in [0.2, 0.25) is 5.91 Å². The molecule has 0 spiro atoms. The fraction of sp³-hybridized carbons (Fsp3) is 0.100. The second kappa shape index (κ2) is 8.62. The van der Waals surface area contributed by atoms with Crippen molar-refractivity contribution in [3.05, 3.63) is 75.1 Å². The molecular formula is C20H14BrF2NO3S. The summed E-state index contributed by atoms with van der Waals surface area (Å²) in [6.45, 7) is 0. The van der Waals surface area contributed by atoms with E-state index in [1.54, 1.807) is 29.6 Å². The summed E-state index contributed by atoms with van der Waals surface area (Å²) in [6.07, 6.45) is 0.214. The highest BCUT2D eigenvalue weighted by molar-refractivity contribution is 9.10. The zero-order valence-corrected chi connectivity index (χ0v) is 16.7. The monoisotopic (exact) mass is 465 g/mol. The molecule has 2 aromatic carbocycles. The third kappa shape index (κ3) is 4.63. The van der Waals surface area contributed by atoms with E-state index in [0.29, 0.717) is 11.1 Å². The predicted molar refractivity (Wildman–Crippen MR) is 108 cm³/mol. The Bertz CT molecular complexity index is 1030. The van der Waals surface area contributed by atoms with Crippen molar-refractivity contribution >= 4 is 44.1 Å². The van der Waals surface area contributed by atoms with Gasteiger partial charge in [-0.15, -0.1) is 11.3 Å². The first-order valence-electron chi connectivity index (χ1n) is 8.19. The molecule has 0 radical (unpaired) electrons. The molecule has 2 N–H and O–H groups in total. The van der Waals surface area contributed by atoms with Gasteiger partial charge >= 0.3 is 5.97 Å². The van der Waals surface area contributed by atoms with Crippen LogP contribution in [0.4, 0.5) is 13.8 Å². The number of nitrogens with one attached hydrogen (secondary N) is 1. The van der Waals surface area contributed by atoms with Crippen LogP contribution >= 0.6 is 27.3 Å². The molecule has 0 saturated heterocycles. The van der Waals surface area contributed by atoms with Crippen LogP contribution in [0, 0.1) is 11.6 Å². The third-order valence-electron chi connectivity index (χ3n) is 4.04. The van der Waals surface area contributed by atoms with Crippen LogP contribution in [0.15, 0.2) is 52.3 Å². The molecule has 0 aliphatic rings. The Morgan fingerprint density at radius 1 is 1.07 bits per heavy atom. The number of aryl methyl sites for hydroxylation is 1. The van der Waals surface area contributed by atoms with E-state index >= 15 is 0 Å². The highest BCUT2D eigenvalue weighted by atomic mass is 79.9. The first-order valence-corrected chi connectivity index (χ1v) is 9.87. The molecule has 0 saturated carbocycles. The van der Waals surface area contributed by atoms with E-state index in [1.165, 1.54) is 6.07 Å². The largest absolute Gasteiger partial charge is 0.478 e. The van der Waals surface area contributed by atoms with Crippen LogP contribution in [-0.4, -0.2) is 17.0 Å². The number of thiophene rings is 1. The third-order valence-corrected chi connectivity index (χ3v) is 5.46. The fourth-order valence-corrected chi connectivity index (χ4v) is 3.89. The van der Waals surface area contributed by atoms with Crippen molar-refractivity contribution in [2.45, 2.75) is 12.8 Å². The minimum atomic E-state index is -1.14. The number of anilines is 1. The van der Waals surface area contributed by atoms with Gasteiger partial charge in [-0.1, -0.05) is 34.1 Å². The van der Waals surface area contributed by atoms with Crippen LogP contribution in [0.25, 0.3) is 11.1 Å². The van der Waals surface area contributed by atoms with E-state index in [2.05, 4.69) is 21.2 Å². The summed E-state index contributed by atoms with van der Waals surface area (Å²) in [5.74, 6) is -3.46. The molecule has 0 atom stereocenters. The Balaban J connectivity index is 1.74. The van der Waals surface area contributed by atoms with Gasteiger partial charge in [-0.3, -0.25) is 4.79 Å². The summed E-state index contributed by atoms with van der Waals surface area (Å²) in [5.41, 5.74) is 1.74. The molecule has 144 valence electrons. The van der Waals surface area contributed by atoms with Crippen molar-refractivity contribution < 1.29 is 23.5 Å². The minimum absolute atomic E-state index is 0.00957. The number of aromatic carboxylic acids is 1. The SMILES string of the molecule is O=C(CCc1ccc(F)c(F)c1)Nc1scc(-c2ccc(Br)cc2)c1C(=O)O. The van der Waals surface area contributed by atoms with Gasteiger partial charge in [0.15, 0.2) is 11.6 Å². The Kier molecular flexibility index (Phi) is 6.21. The number of carboxylic acids is 1. The Labute approximate surface area is 172 Å². The maximum atomic E-state index is 13.2. The molecule has 4 nitrogen and oxygen atoms in total. The van der Waals surface area contributed by atoms with E-state index in [1.807, 2.05) is 0 Å². The molecule has 8 heteroatoms. The Hall–Kier alpha value is -2.58. The van der Waals surface area contributed by atoms with Gasteiger partial charge in [0.25, 0.3) is 0 Å². The Morgan fingerprint density at radius 3 is 2.43 bits per heavy atom. The lowest BCUT2D eigenvalue weighted by atomic mass is 10.0. The van der Waals surface area contributed by atoms with E-state index in [9.17, 15) is 23.5 Å². The number of amides is 1. The molecule has 28 heavy (non-hydrogen) atoms. The summed E-state index contributed by atoms with van der Waals surface area (Å²) in [5, 5.41) is 14.1. The number of hydrogen-bond donors (Lipinski definition) is 2. The first kappa shape index (κ1) is 20.2.